The highest BCUT2D eigenvalue weighted by atomic mass is 16.7. The summed E-state index contributed by atoms with van der Waals surface area (Å²) in [7, 11) is -0.489. The van der Waals surface area contributed by atoms with E-state index in [1.54, 1.807) is 22.0 Å². The first-order valence-electron chi connectivity index (χ1n) is 9.71. The van der Waals surface area contributed by atoms with Gasteiger partial charge in [-0.2, -0.15) is 0 Å². The summed E-state index contributed by atoms with van der Waals surface area (Å²) in [6.07, 6.45) is 2.59. The molecule has 4 heterocycles. The lowest BCUT2D eigenvalue weighted by Gasteiger charge is -2.32. The zero-order valence-electron chi connectivity index (χ0n) is 16.9. The van der Waals surface area contributed by atoms with Crippen LogP contribution in [0.2, 0.25) is 0 Å². The first kappa shape index (κ1) is 18.4. The topological polar surface area (TPSA) is 87.9 Å². The van der Waals surface area contributed by atoms with Gasteiger partial charge in [0, 0.05) is 6.20 Å². The van der Waals surface area contributed by atoms with Gasteiger partial charge in [-0.3, -0.25) is 4.90 Å². The van der Waals surface area contributed by atoms with Gasteiger partial charge in [0.15, 0.2) is 0 Å². The van der Waals surface area contributed by atoms with Gasteiger partial charge < -0.3 is 18.8 Å². The predicted octanol–water partition coefficient (Wildman–Crippen LogP) is 1.36. The van der Waals surface area contributed by atoms with Crippen LogP contribution in [0.5, 0.6) is 5.75 Å². The Labute approximate surface area is 169 Å². The van der Waals surface area contributed by atoms with Crippen LogP contribution in [0.4, 0.5) is 10.5 Å². The van der Waals surface area contributed by atoms with Gasteiger partial charge in [-0.15, -0.1) is 5.10 Å². The van der Waals surface area contributed by atoms with E-state index in [-0.39, 0.29) is 18.2 Å². The van der Waals surface area contributed by atoms with Crippen LogP contribution in [-0.4, -0.2) is 58.2 Å². The lowest BCUT2D eigenvalue weighted by Crippen LogP contribution is -2.46. The second-order valence-corrected chi connectivity index (χ2v) is 8.61. The summed E-state index contributed by atoms with van der Waals surface area (Å²) < 4.78 is 25.5. The highest BCUT2D eigenvalue weighted by Crippen LogP contribution is 2.40. The minimum absolute atomic E-state index is 0.220. The second-order valence-electron chi connectivity index (χ2n) is 8.61. The summed E-state index contributed by atoms with van der Waals surface area (Å²) in [5.74, 6) is 0.617. The molecule has 9 nitrogen and oxygen atoms in total. The highest BCUT2D eigenvalue weighted by molar-refractivity contribution is 6.62. The van der Waals surface area contributed by atoms with E-state index in [1.165, 1.54) is 0 Å². The number of ether oxygens (including phenoxy) is 2. The Morgan fingerprint density at radius 2 is 1.97 bits per heavy atom. The van der Waals surface area contributed by atoms with Gasteiger partial charge >= 0.3 is 13.2 Å². The molecule has 0 saturated carbocycles. The molecule has 5 rings (SSSR count). The van der Waals surface area contributed by atoms with E-state index in [1.807, 2.05) is 45.9 Å². The molecule has 2 fully saturated rings. The average Bonchev–Trinajstić information content (AvgIpc) is 3.33. The van der Waals surface area contributed by atoms with Crippen molar-refractivity contribution in [3.63, 3.8) is 0 Å². The van der Waals surface area contributed by atoms with Crippen molar-refractivity contribution in [2.75, 3.05) is 11.5 Å². The van der Waals surface area contributed by atoms with Gasteiger partial charge in [0.2, 0.25) is 0 Å². The summed E-state index contributed by atoms with van der Waals surface area (Å²) in [6.45, 7) is 8.83. The van der Waals surface area contributed by atoms with Crippen molar-refractivity contribution in [1.82, 2.24) is 15.0 Å². The molecule has 0 radical (unpaired) electrons. The molecule has 3 aliphatic rings. The van der Waals surface area contributed by atoms with E-state index in [4.69, 9.17) is 18.8 Å². The number of amides is 1. The molecule has 3 aliphatic heterocycles. The largest absolute Gasteiger partial charge is 0.494 e. The number of benzene rings is 1. The van der Waals surface area contributed by atoms with Gasteiger partial charge in [-0.25, -0.2) is 9.48 Å². The molecule has 1 amide bonds. The fourth-order valence-electron chi connectivity index (χ4n) is 3.85. The first-order valence-corrected chi connectivity index (χ1v) is 9.71. The van der Waals surface area contributed by atoms with E-state index < -0.39 is 18.3 Å². The van der Waals surface area contributed by atoms with Crippen molar-refractivity contribution in [2.45, 2.75) is 57.6 Å². The monoisotopic (exact) mass is 398 g/mol. The van der Waals surface area contributed by atoms with Gasteiger partial charge in [0.1, 0.15) is 24.5 Å². The molecule has 2 aromatic rings. The normalized spacial score (nSPS) is 26.7. The van der Waals surface area contributed by atoms with Crippen molar-refractivity contribution in [1.29, 1.82) is 0 Å². The lowest BCUT2D eigenvalue weighted by atomic mass is 9.78. The maximum Gasteiger partial charge on any atom is 0.494 e. The van der Waals surface area contributed by atoms with Gasteiger partial charge in [0.25, 0.3) is 0 Å². The van der Waals surface area contributed by atoms with Crippen molar-refractivity contribution in [2.24, 2.45) is 0 Å². The number of anilines is 1. The number of carbonyl (C=O) groups excluding carboxylic acids is 1. The Bertz CT molecular complexity index is 932. The zero-order valence-corrected chi connectivity index (χ0v) is 16.9. The van der Waals surface area contributed by atoms with Gasteiger partial charge in [-0.05, 0) is 45.3 Å². The molecular formula is C19H23BN4O5. The number of hydrogen-bond donors (Lipinski definition) is 0. The molecule has 0 aliphatic carbocycles. The molecule has 152 valence electrons. The molecule has 0 N–H and O–H groups in total. The number of cyclic esters (lactones) is 1. The third-order valence-electron chi connectivity index (χ3n) is 6.23. The summed E-state index contributed by atoms with van der Waals surface area (Å²) in [4.78, 5) is 14.2. The number of hydrogen-bond acceptors (Lipinski definition) is 7. The molecular weight excluding hydrogens is 375 g/mol. The Hall–Kier alpha value is -2.59. The van der Waals surface area contributed by atoms with Crippen molar-refractivity contribution in [3.8, 4) is 5.75 Å². The smallest absolute Gasteiger partial charge is 0.489 e. The minimum atomic E-state index is -0.489. The number of carbonyl (C=O) groups is 1. The van der Waals surface area contributed by atoms with E-state index in [0.29, 0.717) is 24.6 Å². The summed E-state index contributed by atoms with van der Waals surface area (Å²) in [6, 6.07) is 5.43. The van der Waals surface area contributed by atoms with Crippen LogP contribution in [0, 0.1) is 0 Å². The van der Waals surface area contributed by atoms with Crippen molar-refractivity contribution < 1.29 is 23.6 Å². The fraction of sp³-hybridized carbons (Fsp3) is 0.526. The number of rotatable bonds is 3. The van der Waals surface area contributed by atoms with Crippen molar-refractivity contribution >= 4 is 24.4 Å². The maximum absolute atomic E-state index is 12.6. The molecule has 2 saturated heterocycles. The third kappa shape index (κ3) is 2.89. The Morgan fingerprint density at radius 3 is 2.66 bits per heavy atom. The standard InChI is InChI=1S/C19H23BN4O5/c1-18(2)19(3,4)29-20(28-18)12-5-6-13-15(9-12)26-11-14-16(27-17(25)24(13)14)10-23-8-7-21-22-23/h5-9,14,16H,10-11H2,1-4H3/t14-,16-/m0/s1. The van der Waals surface area contributed by atoms with E-state index in [9.17, 15) is 4.79 Å². The quantitative estimate of drug-likeness (QED) is 0.722. The van der Waals surface area contributed by atoms with Crippen molar-refractivity contribution in [3.05, 3.63) is 30.6 Å². The molecule has 0 bridgehead atoms. The van der Waals surface area contributed by atoms with E-state index in [2.05, 4.69) is 10.3 Å². The van der Waals surface area contributed by atoms with Crippen LogP contribution < -0.4 is 15.1 Å². The maximum atomic E-state index is 12.6. The number of nitrogens with zero attached hydrogens (tertiary/aromatic N) is 4. The zero-order chi connectivity index (χ0) is 20.4. The Morgan fingerprint density at radius 1 is 1.21 bits per heavy atom. The van der Waals surface area contributed by atoms with Crippen LogP contribution in [0.25, 0.3) is 0 Å². The molecule has 29 heavy (non-hydrogen) atoms. The summed E-state index contributed by atoms with van der Waals surface area (Å²) >= 11 is 0. The molecule has 1 aromatic carbocycles. The highest BCUT2D eigenvalue weighted by Gasteiger charge is 2.52. The second kappa shape index (κ2) is 6.20. The van der Waals surface area contributed by atoms with Crippen LogP contribution in [0.1, 0.15) is 27.7 Å². The molecule has 1 aromatic heterocycles. The molecule has 0 spiro atoms. The average molecular weight is 398 g/mol. The van der Waals surface area contributed by atoms with Gasteiger partial charge in [0.05, 0.1) is 29.6 Å². The van der Waals surface area contributed by atoms with Crippen LogP contribution in [0.3, 0.4) is 0 Å². The molecule has 0 unspecified atom stereocenters. The SMILES string of the molecule is CC1(C)OB(c2ccc3c(c2)OC[C@H]2[C@H](Cn4ccnn4)OC(=O)N32)OC1(C)C. The van der Waals surface area contributed by atoms with Crippen LogP contribution >= 0.6 is 0 Å². The number of aromatic nitrogens is 3. The van der Waals surface area contributed by atoms with E-state index >= 15 is 0 Å². The number of fused-ring (bicyclic) bond motifs is 3. The Balaban J connectivity index is 1.39. The van der Waals surface area contributed by atoms with Crippen LogP contribution in [-0.2, 0) is 20.6 Å². The van der Waals surface area contributed by atoms with E-state index in [0.717, 1.165) is 5.46 Å². The van der Waals surface area contributed by atoms with Crippen LogP contribution in [0.15, 0.2) is 30.6 Å². The van der Waals surface area contributed by atoms with Gasteiger partial charge in [-0.1, -0.05) is 11.3 Å². The summed E-state index contributed by atoms with van der Waals surface area (Å²) in [5.41, 5.74) is 0.694. The first-order chi connectivity index (χ1) is 13.7. The molecule has 10 heteroatoms. The fourth-order valence-corrected chi connectivity index (χ4v) is 3.85. The predicted molar refractivity (Wildman–Crippen MR) is 104 cm³/mol. The lowest BCUT2D eigenvalue weighted by molar-refractivity contribution is 0.00578. The third-order valence-corrected chi connectivity index (χ3v) is 6.23. The Kier molecular flexibility index (Phi) is 3.95. The minimum Gasteiger partial charge on any atom is -0.489 e. The molecule has 2 atom stereocenters. The summed E-state index contributed by atoms with van der Waals surface area (Å²) in [5, 5.41) is 7.75.